The first kappa shape index (κ1) is 14.4. The molecule has 2 saturated carbocycles. The Balaban J connectivity index is 1.97. The van der Waals surface area contributed by atoms with Crippen LogP contribution in [-0.2, 0) is 0 Å². The summed E-state index contributed by atoms with van der Waals surface area (Å²) in [5, 5.41) is 0. The third-order valence-electron chi connectivity index (χ3n) is 7.19. The number of hydrogen-bond donors (Lipinski definition) is 0. The van der Waals surface area contributed by atoms with Gasteiger partial charge in [0.1, 0.15) is 0 Å². The lowest BCUT2D eigenvalue weighted by Crippen LogP contribution is -2.50. The van der Waals surface area contributed by atoms with Crippen molar-refractivity contribution in [3.8, 4) is 0 Å². The number of hydrogen-bond acceptors (Lipinski definition) is 0. The van der Waals surface area contributed by atoms with Crippen molar-refractivity contribution in [2.24, 2.45) is 28.1 Å². The van der Waals surface area contributed by atoms with Gasteiger partial charge in [0.2, 0.25) is 0 Å². The normalized spacial score (nSPS) is 46.9. The van der Waals surface area contributed by atoms with Gasteiger partial charge in [-0.3, -0.25) is 0 Å². The predicted octanol–water partition coefficient (Wildman–Crippen LogP) is 6.14. The summed E-state index contributed by atoms with van der Waals surface area (Å²) in [5.74, 6) is 1.79. The van der Waals surface area contributed by atoms with Crippen molar-refractivity contribution in [1.29, 1.82) is 0 Å². The van der Waals surface area contributed by atoms with E-state index in [0.717, 1.165) is 11.8 Å². The van der Waals surface area contributed by atoms with Crippen LogP contribution in [0.4, 0.5) is 0 Å². The van der Waals surface area contributed by atoms with Crippen molar-refractivity contribution in [2.75, 3.05) is 0 Å². The SMILES string of the molecule is C=CC1(C)C=C2CC[C@H]3C(C)(C)CCC[C@]3(C)[C@H]2CC1. The van der Waals surface area contributed by atoms with Crippen molar-refractivity contribution >= 4 is 0 Å². The van der Waals surface area contributed by atoms with Gasteiger partial charge in [-0.2, -0.15) is 0 Å². The molecule has 0 spiro atoms. The maximum absolute atomic E-state index is 4.07. The average molecular weight is 272 g/mol. The highest BCUT2D eigenvalue weighted by molar-refractivity contribution is 5.26. The Kier molecular flexibility index (Phi) is 3.23. The van der Waals surface area contributed by atoms with E-state index in [9.17, 15) is 0 Å². The first-order valence-electron chi connectivity index (χ1n) is 8.66. The van der Waals surface area contributed by atoms with E-state index >= 15 is 0 Å². The lowest BCUT2D eigenvalue weighted by atomic mass is 9.45. The van der Waals surface area contributed by atoms with Gasteiger partial charge < -0.3 is 0 Å². The Bertz CT molecular complexity index is 441. The van der Waals surface area contributed by atoms with E-state index in [-0.39, 0.29) is 5.41 Å². The van der Waals surface area contributed by atoms with E-state index in [0.29, 0.717) is 10.8 Å². The summed E-state index contributed by atoms with van der Waals surface area (Å²) in [4.78, 5) is 0. The van der Waals surface area contributed by atoms with Crippen molar-refractivity contribution in [1.82, 2.24) is 0 Å². The molecule has 0 aromatic heterocycles. The third-order valence-corrected chi connectivity index (χ3v) is 7.19. The number of allylic oxidation sites excluding steroid dienone is 3. The molecule has 1 unspecified atom stereocenters. The zero-order valence-corrected chi connectivity index (χ0v) is 14.0. The number of rotatable bonds is 1. The van der Waals surface area contributed by atoms with Crippen LogP contribution in [0.2, 0.25) is 0 Å². The minimum absolute atomic E-state index is 0.263. The molecule has 3 rings (SSSR count). The van der Waals surface area contributed by atoms with Gasteiger partial charge in [-0.25, -0.2) is 0 Å². The molecule has 0 saturated heterocycles. The lowest BCUT2D eigenvalue weighted by molar-refractivity contribution is -0.0587. The quantitative estimate of drug-likeness (QED) is 0.503. The van der Waals surface area contributed by atoms with Gasteiger partial charge >= 0.3 is 0 Å². The molecule has 0 nitrogen and oxygen atoms in total. The largest absolute Gasteiger partial charge is 0.102 e. The summed E-state index contributed by atoms with van der Waals surface area (Å²) >= 11 is 0. The van der Waals surface area contributed by atoms with Crippen LogP contribution < -0.4 is 0 Å². The van der Waals surface area contributed by atoms with Gasteiger partial charge in [-0.05, 0) is 61.2 Å². The molecule has 20 heavy (non-hydrogen) atoms. The second-order valence-corrected chi connectivity index (χ2v) is 8.96. The maximum atomic E-state index is 4.07. The summed E-state index contributed by atoms with van der Waals surface area (Å²) in [5.41, 5.74) is 3.15. The lowest BCUT2D eigenvalue weighted by Gasteiger charge is -2.59. The summed E-state index contributed by atoms with van der Waals surface area (Å²) in [7, 11) is 0. The van der Waals surface area contributed by atoms with Gasteiger partial charge in [0.15, 0.2) is 0 Å². The summed E-state index contributed by atoms with van der Waals surface area (Å²) in [6.07, 6.45) is 14.5. The second-order valence-electron chi connectivity index (χ2n) is 8.96. The minimum atomic E-state index is 0.263. The Morgan fingerprint density at radius 3 is 2.55 bits per heavy atom. The standard InChI is InChI=1S/C20H32/c1-6-19(4)13-10-16-15(14-19)8-9-17-18(2,3)11-7-12-20(16,17)5/h6,14,16-17H,1,7-13H2,2-5H3/t16-,17-,19?,20+/m0/s1. The van der Waals surface area contributed by atoms with E-state index in [1.165, 1.54) is 44.9 Å². The van der Waals surface area contributed by atoms with Crippen LogP contribution in [-0.4, -0.2) is 0 Å². The van der Waals surface area contributed by atoms with Gasteiger partial charge in [0.05, 0.1) is 0 Å². The highest BCUT2D eigenvalue weighted by atomic mass is 14.6. The van der Waals surface area contributed by atoms with Crippen molar-refractivity contribution in [3.63, 3.8) is 0 Å². The predicted molar refractivity (Wildman–Crippen MR) is 87.6 cm³/mol. The van der Waals surface area contributed by atoms with E-state index < -0.39 is 0 Å². The zero-order chi connectivity index (χ0) is 14.6. The average Bonchev–Trinajstić information content (AvgIpc) is 2.37. The molecule has 0 bridgehead atoms. The smallest absolute Gasteiger partial charge is 0.00330 e. The summed E-state index contributed by atoms with van der Waals surface area (Å²) in [6.45, 7) is 14.1. The van der Waals surface area contributed by atoms with Gasteiger partial charge in [0.25, 0.3) is 0 Å². The fourth-order valence-corrected chi connectivity index (χ4v) is 6.01. The monoisotopic (exact) mass is 272 g/mol. The summed E-state index contributed by atoms with van der Waals surface area (Å²) in [6, 6.07) is 0. The molecule has 112 valence electrons. The number of fused-ring (bicyclic) bond motifs is 3. The first-order chi connectivity index (χ1) is 9.31. The van der Waals surface area contributed by atoms with Crippen LogP contribution in [0.25, 0.3) is 0 Å². The topological polar surface area (TPSA) is 0 Å². The van der Waals surface area contributed by atoms with Crippen LogP contribution in [0.15, 0.2) is 24.3 Å². The minimum Gasteiger partial charge on any atom is -0.102 e. The molecule has 0 heteroatoms. The molecule has 0 N–H and O–H groups in total. The fourth-order valence-electron chi connectivity index (χ4n) is 6.01. The molecule has 0 amide bonds. The van der Waals surface area contributed by atoms with E-state index in [1.807, 2.05) is 0 Å². The molecule has 0 aromatic carbocycles. The first-order valence-corrected chi connectivity index (χ1v) is 8.66. The highest BCUT2D eigenvalue weighted by Gasteiger charge is 2.54. The molecular weight excluding hydrogens is 240 g/mol. The molecule has 0 heterocycles. The highest BCUT2D eigenvalue weighted by Crippen LogP contribution is 2.63. The molecule has 4 atom stereocenters. The van der Waals surface area contributed by atoms with Crippen LogP contribution >= 0.6 is 0 Å². The second kappa shape index (κ2) is 4.49. The molecule has 3 aliphatic carbocycles. The zero-order valence-electron chi connectivity index (χ0n) is 14.0. The van der Waals surface area contributed by atoms with Crippen LogP contribution in [0.5, 0.6) is 0 Å². The molecule has 0 aromatic rings. The Hall–Kier alpha value is -0.520. The van der Waals surface area contributed by atoms with Crippen molar-refractivity contribution in [2.45, 2.75) is 72.6 Å². The Morgan fingerprint density at radius 2 is 1.85 bits per heavy atom. The Morgan fingerprint density at radius 1 is 1.10 bits per heavy atom. The van der Waals surface area contributed by atoms with Crippen molar-refractivity contribution in [3.05, 3.63) is 24.3 Å². The van der Waals surface area contributed by atoms with E-state index in [1.54, 1.807) is 5.57 Å². The maximum Gasteiger partial charge on any atom is 0.00330 e. The molecule has 0 radical (unpaired) electrons. The molecular formula is C20H32. The van der Waals surface area contributed by atoms with Crippen molar-refractivity contribution < 1.29 is 0 Å². The third kappa shape index (κ3) is 2.02. The van der Waals surface area contributed by atoms with E-state index in [2.05, 4.69) is 46.4 Å². The van der Waals surface area contributed by atoms with Crippen LogP contribution in [0.3, 0.4) is 0 Å². The van der Waals surface area contributed by atoms with Gasteiger partial charge in [0, 0.05) is 5.41 Å². The van der Waals surface area contributed by atoms with E-state index in [4.69, 9.17) is 0 Å². The van der Waals surface area contributed by atoms with Crippen LogP contribution in [0.1, 0.15) is 72.6 Å². The Labute approximate surface area is 125 Å². The van der Waals surface area contributed by atoms with Gasteiger partial charge in [-0.15, -0.1) is 6.58 Å². The summed E-state index contributed by atoms with van der Waals surface area (Å²) < 4.78 is 0. The molecule has 3 aliphatic rings. The van der Waals surface area contributed by atoms with Crippen LogP contribution in [0, 0.1) is 28.1 Å². The van der Waals surface area contributed by atoms with Gasteiger partial charge in [-0.1, -0.05) is 51.8 Å². The molecule has 2 fully saturated rings. The fraction of sp³-hybridized carbons (Fsp3) is 0.800. The molecule has 0 aliphatic heterocycles.